The van der Waals surface area contributed by atoms with Crippen LogP contribution < -0.4 is 9.47 Å². The monoisotopic (exact) mass is 459 g/mol. The Morgan fingerprint density at radius 2 is 1.71 bits per heavy atom. The second-order valence-electron chi connectivity index (χ2n) is 8.40. The summed E-state index contributed by atoms with van der Waals surface area (Å²) in [7, 11) is 0. The Morgan fingerprint density at radius 3 is 2.46 bits per heavy atom. The summed E-state index contributed by atoms with van der Waals surface area (Å²) in [6, 6.07) is 28.9. The molecule has 0 spiro atoms. The number of hydrogen-bond donors (Lipinski definition) is 0. The third kappa shape index (κ3) is 5.62. The van der Waals surface area contributed by atoms with Gasteiger partial charge in [-0.25, -0.2) is 0 Å². The van der Waals surface area contributed by atoms with Gasteiger partial charge >= 0.3 is 0 Å². The molecule has 0 fully saturated rings. The van der Waals surface area contributed by atoms with Gasteiger partial charge in [-0.05, 0) is 65.9 Å². The first-order valence-corrected chi connectivity index (χ1v) is 11.8. The second-order valence-corrected chi connectivity index (χ2v) is 8.40. The van der Waals surface area contributed by atoms with Gasteiger partial charge in [0, 0.05) is 5.56 Å². The number of nitriles is 1. The highest BCUT2D eigenvalue weighted by Gasteiger charge is 2.14. The number of rotatable bonds is 9. The van der Waals surface area contributed by atoms with E-state index >= 15 is 0 Å². The third-order valence-corrected chi connectivity index (χ3v) is 5.86. The fourth-order valence-corrected chi connectivity index (χ4v) is 4.15. The van der Waals surface area contributed by atoms with Crippen molar-refractivity contribution in [1.82, 2.24) is 0 Å². The maximum atomic E-state index is 9.82. The van der Waals surface area contributed by atoms with Crippen LogP contribution in [-0.4, -0.2) is 6.61 Å². The molecule has 35 heavy (non-hydrogen) atoms. The van der Waals surface area contributed by atoms with Crippen molar-refractivity contribution >= 4 is 22.4 Å². The van der Waals surface area contributed by atoms with E-state index in [2.05, 4.69) is 43.0 Å². The molecule has 0 unspecified atom stereocenters. The minimum absolute atomic E-state index is 0.424. The smallest absolute Gasteiger partial charge is 0.165 e. The molecule has 0 heterocycles. The fraction of sp³-hybridized carbons (Fsp3) is 0.156. The molecule has 0 amide bonds. The highest BCUT2D eigenvalue weighted by atomic mass is 16.5. The topological polar surface area (TPSA) is 42.2 Å². The highest BCUT2D eigenvalue weighted by Crippen LogP contribution is 2.36. The zero-order valence-electron chi connectivity index (χ0n) is 20.3. The van der Waals surface area contributed by atoms with E-state index in [9.17, 15) is 5.26 Å². The Kier molecular flexibility index (Phi) is 7.65. The Bertz CT molecular complexity index is 1400. The average molecular weight is 460 g/mol. The summed E-state index contributed by atoms with van der Waals surface area (Å²) in [6.07, 6.45) is 4.38. The number of benzene rings is 4. The van der Waals surface area contributed by atoms with Gasteiger partial charge in [0.2, 0.25) is 0 Å². The van der Waals surface area contributed by atoms with E-state index < -0.39 is 0 Å². The van der Waals surface area contributed by atoms with Gasteiger partial charge in [0.05, 0.1) is 18.2 Å². The summed E-state index contributed by atoms with van der Waals surface area (Å²) in [5, 5.41) is 12.2. The first-order chi connectivity index (χ1) is 17.1. The van der Waals surface area contributed by atoms with Crippen molar-refractivity contribution in [2.24, 2.45) is 0 Å². The van der Waals surface area contributed by atoms with E-state index in [1.807, 2.05) is 74.5 Å². The molecule has 4 aromatic carbocycles. The Labute approximate surface area is 207 Å². The quantitative estimate of drug-likeness (QED) is 0.145. The molecule has 0 saturated heterocycles. The lowest BCUT2D eigenvalue weighted by Crippen LogP contribution is -2.04. The minimum Gasteiger partial charge on any atom is -0.490 e. The molecule has 3 nitrogen and oxygen atoms in total. The molecule has 174 valence electrons. The maximum Gasteiger partial charge on any atom is 0.165 e. The summed E-state index contributed by atoms with van der Waals surface area (Å²) >= 11 is 0. The second kappa shape index (κ2) is 11.2. The minimum atomic E-state index is 0.424. The van der Waals surface area contributed by atoms with Crippen LogP contribution in [0.1, 0.15) is 34.7 Å². The molecule has 0 bridgehead atoms. The van der Waals surface area contributed by atoms with Crippen molar-refractivity contribution in [3.8, 4) is 17.6 Å². The number of fused-ring (bicyclic) bond motifs is 1. The van der Waals surface area contributed by atoms with Gasteiger partial charge in [-0.3, -0.25) is 0 Å². The molecule has 0 atom stereocenters. The van der Waals surface area contributed by atoms with E-state index in [1.54, 1.807) is 0 Å². The summed E-state index contributed by atoms with van der Waals surface area (Å²) in [5.74, 6) is 1.38. The summed E-state index contributed by atoms with van der Waals surface area (Å²) in [6.45, 7) is 8.85. The molecule has 0 radical (unpaired) electrons. The lowest BCUT2D eigenvalue weighted by Gasteiger charge is -2.17. The van der Waals surface area contributed by atoms with Crippen LogP contribution in [-0.2, 0) is 13.0 Å². The molecule has 0 aliphatic carbocycles. The molecule has 0 aliphatic heterocycles. The number of ether oxygens (including phenoxy) is 2. The summed E-state index contributed by atoms with van der Waals surface area (Å²) < 4.78 is 12.4. The van der Waals surface area contributed by atoms with Gasteiger partial charge in [0.25, 0.3) is 0 Å². The van der Waals surface area contributed by atoms with Crippen molar-refractivity contribution in [2.45, 2.75) is 26.9 Å². The SMILES string of the molecule is C=CCc1cc(/C=C(/C#N)c2ccc(C)cc2)cc(OCC)c1OCc1cccc2ccccc12. The van der Waals surface area contributed by atoms with Crippen molar-refractivity contribution in [2.75, 3.05) is 6.61 Å². The predicted molar refractivity (Wildman–Crippen MR) is 144 cm³/mol. The third-order valence-electron chi connectivity index (χ3n) is 5.86. The largest absolute Gasteiger partial charge is 0.490 e. The maximum absolute atomic E-state index is 9.82. The predicted octanol–water partition coefficient (Wildman–Crippen LogP) is 7.92. The van der Waals surface area contributed by atoms with E-state index in [4.69, 9.17) is 9.47 Å². The van der Waals surface area contributed by atoms with Crippen LogP contribution in [0.2, 0.25) is 0 Å². The van der Waals surface area contributed by atoms with Crippen molar-refractivity contribution < 1.29 is 9.47 Å². The van der Waals surface area contributed by atoms with Gasteiger partial charge in [0.15, 0.2) is 11.5 Å². The zero-order chi connectivity index (χ0) is 24.6. The van der Waals surface area contributed by atoms with Crippen LogP contribution in [0.25, 0.3) is 22.4 Å². The highest BCUT2D eigenvalue weighted by molar-refractivity contribution is 5.90. The Hall–Kier alpha value is -4.29. The number of hydrogen-bond acceptors (Lipinski definition) is 3. The molecule has 0 saturated carbocycles. The van der Waals surface area contributed by atoms with Crippen LogP contribution >= 0.6 is 0 Å². The number of aryl methyl sites for hydroxylation is 1. The van der Waals surface area contributed by atoms with E-state index in [-0.39, 0.29) is 0 Å². The Morgan fingerprint density at radius 1 is 0.943 bits per heavy atom. The van der Waals surface area contributed by atoms with Crippen molar-refractivity contribution in [1.29, 1.82) is 5.26 Å². The van der Waals surface area contributed by atoms with Gasteiger partial charge in [-0.1, -0.05) is 78.4 Å². The van der Waals surface area contributed by atoms with Gasteiger partial charge < -0.3 is 9.47 Å². The van der Waals surface area contributed by atoms with Crippen LogP contribution in [0.5, 0.6) is 11.5 Å². The lowest BCUT2D eigenvalue weighted by molar-refractivity contribution is 0.268. The fourth-order valence-electron chi connectivity index (χ4n) is 4.15. The van der Waals surface area contributed by atoms with Crippen LogP contribution in [0, 0.1) is 18.3 Å². The van der Waals surface area contributed by atoms with E-state index in [0.29, 0.717) is 36.7 Å². The number of allylic oxidation sites excluding steroid dienone is 2. The zero-order valence-corrected chi connectivity index (χ0v) is 20.3. The van der Waals surface area contributed by atoms with Crippen LogP contribution in [0.3, 0.4) is 0 Å². The van der Waals surface area contributed by atoms with E-state index in [0.717, 1.165) is 27.8 Å². The van der Waals surface area contributed by atoms with Crippen molar-refractivity contribution in [3.63, 3.8) is 0 Å². The molecule has 4 aromatic rings. The molecule has 0 N–H and O–H groups in total. The van der Waals surface area contributed by atoms with Crippen LogP contribution in [0.15, 0.2) is 91.5 Å². The van der Waals surface area contributed by atoms with Crippen molar-refractivity contribution in [3.05, 3.63) is 119 Å². The first kappa shape index (κ1) is 23.9. The average Bonchev–Trinajstić information content (AvgIpc) is 2.88. The molecule has 0 aliphatic rings. The van der Waals surface area contributed by atoms with Gasteiger partial charge in [0.1, 0.15) is 6.61 Å². The van der Waals surface area contributed by atoms with Crippen LogP contribution in [0.4, 0.5) is 0 Å². The number of nitrogens with zero attached hydrogens (tertiary/aromatic N) is 1. The van der Waals surface area contributed by atoms with Gasteiger partial charge in [-0.15, -0.1) is 6.58 Å². The molecule has 0 aromatic heterocycles. The molecular weight excluding hydrogens is 430 g/mol. The molecule has 3 heteroatoms. The first-order valence-electron chi connectivity index (χ1n) is 11.8. The Balaban J connectivity index is 1.72. The molecule has 4 rings (SSSR count). The van der Waals surface area contributed by atoms with E-state index in [1.165, 1.54) is 10.8 Å². The normalized spacial score (nSPS) is 11.2. The summed E-state index contributed by atoms with van der Waals surface area (Å²) in [5.41, 5.74) is 5.62. The lowest BCUT2D eigenvalue weighted by atomic mass is 10.00. The van der Waals surface area contributed by atoms with Gasteiger partial charge in [-0.2, -0.15) is 5.26 Å². The standard InChI is InChI=1S/C32H29NO2/c1-4-9-27-18-24(19-29(21-33)25-16-14-23(3)15-17-25)20-31(34-5-2)32(27)35-22-28-12-8-11-26-10-6-7-13-30(26)28/h4,6-8,10-20H,1,5,9,22H2,2-3H3/b29-19-. The molecular formula is C32H29NO2. The summed E-state index contributed by atoms with van der Waals surface area (Å²) in [4.78, 5) is 0.